The van der Waals surface area contributed by atoms with Crippen LogP contribution in [-0.2, 0) is 19.5 Å². The van der Waals surface area contributed by atoms with Gasteiger partial charge in [-0.15, -0.1) is 0 Å². The van der Waals surface area contributed by atoms with Gasteiger partial charge in [-0.1, -0.05) is 32.0 Å². The minimum Gasteiger partial charge on any atom is -0.310 e. The summed E-state index contributed by atoms with van der Waals surface area (Å²) in [5.41, 5.74) is 4.48. The van der Waals surface area contributed by atoms with Gasteiger partial charge in [0.15, 0.2) is 0 Å². The van der Waals surface area contributed by atoms with E-state index in [2.05, 4.69) is 49.2 Å². The molecule has 1 aromatic carbocycles. The van der Waals surface area contributed by atoms with E-state index in [4.69, 9.17) is 0 Å². The standard InChI is InChI=1S/C15H24N2/c1-4-17(5-2)11-13-6-7-14-10-16-12(3)8-15(14)9-13/h6-7,9,12,16H,4-5,8,10-11H2,1-3H3. The van der Waals surface area contributed by atoms with Crippen molar-refractivity contribution >= 4 is 0 Å². The number of rotatable bonds is 4. The maximum Gasteiger partial charge on any atom is 0.0233 e. The van der Waals surface area contributed by atoms with E-state index in [0.29, 0.717) is 6.04 Å². The first kappa shape index (κ1) is 12.6. The molecule has 1 atom stereocenters. The van der Waals surface area contributed by atoms with Crippen LogP contribution in [0, 0.1) is 0 Å². The molecule has 0 radical (unpaired) electrons. The fourth-order valence-corrected chi connectivity index (χ4v) is 2.53. The highest BCUT2D eigenvalue weighted by Gasteiger charge is 2.14. The maximum absolute atomic E-state index is 3.51. The molecular formula is C15H24N2. The number of nitrogens with one attached hydrogen (secondary N) is 1. The van der Waals surface area contributed by atoms with Gasteiger partial charge in [0.1, 0.15) is 0 Å². The van der Waals surface area contributed by atoms with Gasteiger partial charge in [0.05, 0.1) is 0 Å². The van der Waals surface area contributed by atoms with Crippen LogP contribution in [-0.4, -0.2) is 24.0 Å². The summed E-state index contributed by atoms with van der Waals surface area (Å²) in [4.78, 5) is 2.46. The van der Waals surface area contributed by atoms with Crippen LogP contribution < -0.4 is 5.32 Å². The summed E-state index contributed by atoms with van der Waals surface area (Å²) in [5.74, 6) is 0. The Morgan fingerprint density at radius 2 is 2.00 bits per heavy atom. The van der Waals surface area contributed by atoms with Crippen LogP contribution in [0.4, 0.5) is 0 Å². The van der Waals surface area contributed by atoms with E-state index in [-0.39, 0.29) is 0 Å². The fraction of sp³-hybridized carbons (Fsp3) is 0.600. The first-order valence-corrected chi connectivity index (χ1v) is 6.79. The van der Waals surface area contributed by atoms with E-state index in [1.165, 1.54) is 17.5 Å². The van der Waals surface area contributed by atoms with Crippen molar-refractivity contribution in [1.82, 2.24) is 10.2 Å². The summed E-state index contributed by atoms with van der Waals surface area (Å²) in [7, 11) is 0. The number of nitrogens with zero attached hydrogens (tertiary/aromatic N) is 1. The van der Waals surface area contributed by atoms with Gasteiger partial charge < -0.3 is 5.32 Å². The van der Waals surface area contributed by atoms with Crippen LogP contribution in [0.1, 0.15) is 37.5 Å². The Labute approximate surface area is 105 Å². The second-order valence-electron chi connectivity index (χ2n) is 5.05. The zero-order valence-corrected chi connectivity index (χ0v) is 11.3. The van der Waals surface area contributed by atoms with Gasteiger partial charge in [0, 0.05) is 19.1 Å². The van der Waals surface area contributed by atoms with Crippen molar-refractivity contribution in [2.24, 2.45) is 0 Å². The van der Waals surface area contributed by atoms with Gasteiger partial charge >= 0.3 is 0 Å². The summed E-state index contributed by atoms with van der Waals surface area (Å²) < 4.78 is 0. The molecule has 0 bridgehead atoms. The summed E-state index contributed by atoms with van der Waals surface area (Å²) in [6.07, 6.45) is 1.17. The van der Waals surface area contributed by atoms with Crippen molar-refractivity contribution in [1.29, 1.82) is 0 Å². The average molecular weight is 232 g/mol. The third-order valence-corrected chi connectivity index (χ3v) is 3.74. The number of benzene rings is 1. The Morgan fingerprint density at radius 3 is 2.71 bits per heavy atom. The average Bonchev–Trinajstić information content (AvgIpc) is 2.35. The Balaban J connectivity index is 2.12. The van der Waals surface area contributed by atoms with Gasteiger partial charge in [0.25, 0.3) is 0 Å². The second-order valence-corrected chi connectivity index (χ2v) is 5.05. The molecule has 0 saturated heterocycles. The molecule has 2 heteroatoms. The normalized spacial score (nSPS) is 19.4. The third-order valence-electron chi connectivity index (χ3n) is 3.74. The van der Waals surface area contributed by atoms with Crippen molar-refractivity contribution in [3.63, 3.8) is 0 Å². The zero-order chi connectivity index (χ0) is 12.3. The van der Waals surface area contributed by atoms with Crippen LogP contribution in [0.2, 0.25) is 0 Å². The summed E-state index contributed by atoms with van der Waals surface area (Å²) in [6.45, 7) is 11.1. The molecule has 2 nitrogen and oxygen atoms in total. The topological polar surface area (TPSA) is 15.3 Å². The second kappa shape index (κ2) is 5.65. The fourth-order valence-electron chi connectivity index (χ4n) is 2.53. The van der Waals surface area contributed by atoms with Crippen molar-refractivity contribution in [2.75, 3.05) is 13.1 Å². The molecule has 1 aliphatic rings. The van der Waals surface area contributed by atoms with Gasteiger partial charge in [-0.2, -0.15) is 0 Å². The van der Waals surface area contributed by atoms with Crippen LogP contribution >= 0.6 is 0 Å². The molecule has 0 spiro atoms. The molecule has 0 aliphatic carbocycles. The monoisotopic (exact) mass is 232 g/mol. The van der Waals surface area contributed by atoms with Crippen molar-refractivity contribution in [3.8, 4) is 0 Å². The van der Waals surface area contributed by atoms with Gasteiger partial charge in [0.2, 0.25) is 0 Å². The molecular weight excluding hydrogens is 208 g/mol. The van der Waals surface area contributed by atoms with Crippen LogP contribution in [0.15, 0.2) is 18.2 Å². The molecule has 1 aliphatic heterocycles. The number of hydrogen-bond donors (Lipinski definition) is 1. The van der Waals surface area contributed by atoms with E-state index >= 15 is 0 Å². The predicted octanol–water partition coefficient (Wildman–Crippen LogP) is 2.56. The largest absolute Gasteiger partial charge is 0.310 e. The first-order chi connectivity index (χ1) is 8.22. The van der Waals surface area contributed by atoms with E-state index < -0.39 is 0 Å². The highest BCUT2D eigenvalue weighted by Crippen LogP contribution is 2.19. The van der Waals surface area contributed by atoms with E-state index in [1.807, 2.05) is 0 Å². The van der Waals surface area contributed by atoms with E-state index in [1.54, 1.807) is 5.56 Å². The van der Waals surface area contributed by atoms with Crippen molar-refractivity contribution < 1.29 is 0 Å². The number of hydrogen-bond acceptors (Lipinski definition) is 2. The summed E-state index contributed by atoms with van der Waals surface area (Å²) >= 11 is 0. The lowest BCUT2D eigenvalue weighted by Gasteiger charge is -2.25. The smallest absolute Gasteiger partial charge is 0.0233 e. The molecule has 17 heavy (non-hydrogen) atoms. The Morgan fingerprint density at radius 1 is 1.24 bits per heavy atom. The lowest BCUT2D eigenvalue weighted by molar-refractivity contribution is 0.295. The van der Waals surface area contributed by atoms with Crippen LogP contribution in [0.25, 0.3) is 0 Å². The quantitative estimate of drug-likeness (QED) is 0.858. The van der Waals surface area contributed by atoms with Crippen LogP contribution in [0.3, 0.4) is 0 Å². The molecule has 1 heterocycles. The minimum absolute atomic E-state index is 0.617. The predicted molar refractivity (Wildman–Crippen MR) is 73.1 cm³/mol. The molecule has 1 unspecified atom stereocenters. The Kier molecular flexibility index (Phi) is 4.19. The van der Waals surface area contributed by atoms with Gasteiger partial charge in [-0.3, -0.25) is 4.90 Å². The molecule has 0 fully saturated rings. The highest BCUT2D eigenvalue weighted by atomic mass is 15.1. The maximum atomic E-state index is 3.51. The lowest BCUT2D eigenvalue weighted by atomic mass is 9.94. The highest BCUT2D eigenvalue weighted by molar-refractivity contribution is 5.34. The van der Waals surface area contributed by atoms with E-state index in [0.717, 1.165) is 26.2 Å². The van der Waals surface area contributed by atoms with Crippen molar-refractivity contribution in [3.05, 3.63) is 34.9 Å². The SMILES string of the molecule is CCN(CC)Cc1ccc2c(c1)CC(C)NC2. The minimum atomic E-state index is 0.617. The molecule has 2 rings (SSSR count). The Bertz CT molecular complexity index is 369. The molecule has 1 aromatic rings. The summed E-state index contributed by atoms with van der Waals surface area (Å²) in [5, 5.41) is 3.51. The molecule has 1 N–H and O–H groups in total. The zero-order valence-electron chi connectivity index (χ0n) is 11.3. The van der Waals surface area contributed by atoms with E-state index in [9.17, 15) is 0 Å². The molecule has 0 saturated carbocycles. The summed E-state index contributed by atoms with van der Waals surface area (Å²) in [6, 6.07) is 7.61. The van der Waals surface area contributed by atoms with Crippen molar-refractivity contribution in [2.45, 2.75) is 46.3 Å². The lowest BCUT2D eigenvalue weighted by Crippen LogP contribution is -2.33. The van der Waals surface area contributed by atoms with Crippen LogP contribution in [0.5, 0.6) is 0 Å². The molecule has 94 valence electrons. The Hall–Kier alpha value is -0.860. The van der Waals surface area contributed by atoms with Gasteiger partial charge in [-0.25, -0.2) is 0 Å². The number of fused-ring (bicyclic) bond motifs is 1. The first-order valence-electron chi connectivity index (χ1n) is 6.79. The molecule has 0 aromatic heterocycles. The van der Waals surface area contributed by atoms with Gasteiger partial charge in [-0.05, 0) is 43.1 Å². The molecule has 0 amide bonds. The third kappa shape index (κ3) is 3.08.